The number of hydrogen-bond donors (Lipinski definition) is 1. The second-order valence-corrected chi connectivity index (χ2v) is 6.45. The normalized spacial score (nSPS) is 10.4. The molecule has 0 bridgehead atoms. The van der Waals surface area contributed by atoms with Gasteiger partial charge in [-0.25, -0.2) is 4.79 Å². The van der Waals surface area contributed by atoms with E-state index in [9.17, 15) is 4.79 Å². The number of hydrogen-bond acceptors (Lipinski definition) is 3. The molecule has 0 aliphatic rings. The van der Waals surface area contributed by atoms with Gasteiger partial charge in [0, 0.05) is 11.1 Å². The number of benzene rings is 3. The topological polar surface area (TPSA) is 50.2 Å². The molecule has 0 unspecified atom stereocenters. The zero-order chi connectivity index (χ0) is 18.7. The van der Waals surface area contributed by atoms with Crippen molar-refractivity contribution in [3.63, 3.8) is 0 Å². The molecule has 3 aromatic carbocycles. The van der Waals surface area contributed by atoms with E-state index in [0.717, 1.165) is 22.3 Å². The lowest BCUT2D eigenvalue weighted by Crippen LogP contribution is -2.17. The van der Waals surface area contributed by atoms with Gasteiger partial charge in [0.05, 0.1) is 11.3 Å². The average Bonchev–Trinajstić information content (AvgIpc) is 2.61. The molecule has 0 saturated carbocycles. The number of ether oxygens (including phenoxy) is 1. The van der Waals surface area contributed by atoms with E-state index in [4.69, 9.17) is 10.1 Å². The summed E-state index contributed by atoms with van der Waals surface area (Å²) in [5.41, 5.74) is 5.05. The van der Waals surface area contributed by atoms with Gasteiger partial charge in [-0.05, 0) is 44.5 Å². The third kappa shape index (κ3) is 3.72. The Hall–Kier alpha value is -3.20. The SMILES string of the molecule is Cc1ccc(C(=N)c2cc(C)cc(C)c2C(=O)Oc2ccccc2)cc1. The largest absolute Gasteiger partial charge is 0.423 e. The first kappa shape index (κ1) is 17.6. The van der Waals surface area contributed by atoms with Crippen LogP contribution in [0.4, 0.5) is 0 Å². The smallest absolute Gasteiger partial charge is 0.344 e. The number of carbonyl (C=O) groups excluding carboxylic acids is 1. The highest BCUT2D eigenvalue weighted by Crippen LogP contribution is 2.23. The molecule has 3 nitrogen and oxygen atoms in total. The minimum absolute atomic E-state index is 0.316. The van der Waals surface area contributed by atoms with Crippen molar-refractivity contribution in [3.8, 4) is 5.75 Å². The third-order valence-electron chi connectivity index (χ3n) is 4.25. The van der Waals surface area contributed by atoms with Gasteiger partial charge in [-0.3, -0.25) is 5.41 Å². The summed E-state index contributed by atoms with van der Waals surface area (Å²) in [7, 11) is 0. The molecule has 26 heavy (non-hydrogen) atoms. The summed E-state index contributed by atoms with van der Waals surface area (Å²) in [6.07, 6.45) is 0. The number of rotatable bonds is 4. The van der Waals surface area contributed by atoms with Gasteiger partial charge >= 0.3 is 5.97 Å². The molecule has 1 N–H and O–H groups in total. The van der Waals surface area contributed by atoms with Crippen LogP contribution in [0.5, 0.6) is 5.75 Å². The van der Waals surface area contributed by atoms with E-state index in [1.54, 1.807) is 12.1 Å². The van der Waals surface area contributed by atoms with Crippen LogP contribution in [-0.4, -0.2) is 11.7 Å². The van der Waals surface area contributed by atoms with Crippen LogP contribution >= 0.6 is 0 Å². The molecule has 3 heteroatoms. The Labute approximate surface area is 153 Å². The molecule has 0 heterocycles. The van der Waals surface area contributed by atoms with Crippen LogP contribution in [-0.2, 0) is 0 Å². The Morgan fingerprint density at radius 2 is 1.50 bits per heavy atom. The number of para-hydroxylation sites is 1. The first-order valence-corrected chi connectivity index (χ1v) is 8.50. The van der Waals surface area contributed by atoms with Crippen LogP contribution in [0, 0.1) is 26.2 Å². The molecule has 3 aromatic rings. The van der Waals surface area contributed by atoms with E-state index < -0.39 is 5.97 Å². The zero-order valence-corrected chi connectivity index (χ0v) is 15.2. The highest BCUT2D eigenvalue weighted by Gasteiger charge is 2.21. The number of esters is 1. The first-order chi connectivity index (χ1) is 12.5. The molecule has 0 saturated heterocycles. The van der Waals surface area contributed by atoms with Crippen LogP contribution in [0.3, 0.4) is 0 Å². The monoisotopic (exact) mass is 343 g/mol. The summed E-state index contributed by atoms with van der Waals surface area (Å²) in [5.74, 6) is 0.0471. The second kappa shape index (κ2) is 7.36. The Bertz CT molecular complexity index is 958. The van der Waals surface area contributed by atoms with E-state index in [-0.39, 0.29) is 0 Å². The summed E-state index contributed by atoms with van der Waals surface area (Å²) in [4.78, 5) is 12.8. The van der Waals surface area contributed by atoms with Crippen molar-refractivity contribution in [1.82, 2.24) is 0 Å². The quantitative estimate of drug-likeness (QED) is 0.400. The van der Waals surface area contributed by atoms with Crippen LogP contribution in [0.25, 0.3) is 0 Å². The fraction of sp³-hybridized carbons (Fsp3) is 0.130. The highest BCUT2D eigenvalue weighted by atomic mass is 16.5. The van der Waals surface area contributed by atoms with Crippen molar-refractivity contribution in [2.75, 3.05) is 0 Å². The zero-order valence-electron chi connectivity index (χ0n) is 15.2. The fourth-order valence-electron chi connectivity index (χ4n) is 2.96. The summed E-state index contributed by atoms with van der Waals surface area (Å²) in [6, 6.07) is 20.5. The van der Waals surface area contributed by atoms with Crippen LogP contribution < -0.4 is 4.74 Å². The predicted octanol–water partition coefficient (Wildman–Crippen LogP) is 5.25. The Kier molecular flexibility index (Phi) is 4.99. The number of carbonyl (C=O) groups is 1. The minimum Gasteiger partial charge on any atom is -0.423 e. The van der Waals surface area contributed by atoms with E-state index in [0.29, 0.717) is 22.6 Å². The van der Waals surface area contributed by atoms with Gasteiger partial charge in [-0.1, -0.05) is 59.7 Å². The Morgan fingerprint density at radius 1 is 0.846 bits per heavy atom. The molecular weight excluding hydrogens is 322 g/mol. The van der Waals surface area contributed by atoms with Crippen molar-refractivity contribution in [1.29, 1.82) is 5.41 Å². The molecule has 0 aliphatic heterocycles. The fourth-order valence-corrected chi connectivity index (χ4v) is 2.96. The molecule has 3 rings (SSSR count). The molecule has 0 atom stereocenters. The molecule has 0 aliphatic carbocycles. The van der Waals surface area contributed by atoms with Crippen LogP contribution in [0.1, 0.15) is 38.2 Å². The maximum Gasteiger partial charge on any atom is 0.344 e. The number of aryl methyl sites for hydroxylation is 3. The third-order valence-corrected chi connectivity index (χ3v) is 4.25. The van der Waals surface area contributed by atoms with E-state index in [2.05, 4.69) is 0 Å². The lowest BCUT2D eigenvalue weighted by Gasteiger charge is -2.15. The molecule has 0 aromatic heterocycles. The Morgan fingerprint density at radius 3 is 2.15 bits per heavy atom. The molecule has 0 amide bonds. The molecule has 130 valence electrons. The highest BCUT2D eigenvalue weighted by molar-refractivity contribution is 6.16. The molecule has 0 fully saturated rings. The standard InChI is InChI=1S/C23H21NO2/c1-15-9-11-18(12-10-15)22(24)20-14-16(2)13-17(3)21(20)23(25)26-19-7-5-4-6-8-19/h4-14,24H,1-3H3. The molecule has 0 spiro atoms. The van der Waals surface area contributed by atoms with E-state index >= 15 is 0 Å². The summed E-state index contributed by atoms with van der Waals surface area (Å²) >= 11 is 0. The van der Waals surface area contributed by atoms with Gasteiger partial charge < -0.3 is 4.74 Å². The van der Waals surface area contributed by atoms with Crippen molar-refractivity contribution in [2.24, 2.45) is 0 Å². The van der Waals surface area contributed by atoms with E-state index in [1.807, 2.05) is 75.4 Å². The van der Waals surface area contributed by atoms with Gasteiger partial charge in [-0.15, -0.1) is 0 Å². The van der Waals surface area contributed by atoms with Gasteiger partial charge in [-0.2, -0.15) is 0 Å². The second-order valence-electron chi connectivity index (χ2n) is 6.45. The molecule has 0 radical (unpaired) electrons. The van der Waals surface area contributed by atoms with E-state index in [1.165, 1.54) is 0 Å². The molecular formula is C23H21NO2. The van der Waals surface area contributed by atoms with Gasteiger partial charge in [0.1, 0.15) is 5.75 Å². The van der Waals surface area contributed by atoms with Gasteiger partial charge in [0.15, 0.2) is 0 Å². The average molecular weight is 343 g/mol. The summed E-state index contributed by atoms with van der Waals surface area (Å²) < 4.78 is 5.53. The summed E-state index contributed by atoms with van der Waals surface area (Å²) in [5, 5.41) is 8.64. The van der Waals surface area contributed by atoms with Gasteiger partial charge in [0.2, 0.25) is 0 Å². The van der Waals surface area contributed by atoms with Crippen LogP contribution in [0.15, 0.2) is 66.7 Å². The first-order valence-electron chi connectivity index (χ1n) is 8.50. The van der Waals surface area contributed by atoms with Gasteiger partial charge in [0.25, 0.3) is 0 Å². The maximum atomic E-state index is 12.8. The maximum absolute atomic E-state index is 12.8. The van der Waals surface area contributed by atoms with Crippen LogP contribution in [0.2, 0.25) is 0 Å². The predicted molar refractivity (Wildman–Crippen MR) is 104 cm³/mol. The lowest BCUT2D eigenvalue weighted by molar-refractivity contribution is 0.0734. The lowest BCUT2D eigenvalue weighted by atomic mass is 9.92. The summed E-state index contributed by atoms with van der Waals surface area (Å²) in [6.45, 7) is 5.85. The number of nitrogens with one attached hydrogen (secondary N) is 1. The minimum atomic E-state index is -0.444. The Balaban J connectivity index is 2.03. The van der Waals surface area contributed by atoms with Crippen molar-refractivity contribution >= 4 is 11.7 Å². The van der Waals surface area contributed by atoms with Crippen molar-refractivity contribution in [3.05, 3.63) is 100 Å². The van der Waals surface area contributed by atoms with Crippen molar-refractivity contribution in [2.45, 2.75) is 20.8 Å². The van der Waals surface area contributed by atoms with Crippen molar-refractivity contribution < 1.29 is 9.53 Å².